The summed E-state index contributed by atoms with van der Waals surface area (Å²) in [7, 11) is 0. The maximum atomic E-state index is 5.55. The van der Waals surface area contributed by atoms with Gasteiger partial charge in [0.2, 0.25) is 6.29 Å². The fourth-order valence-electron chi connectivity index (χ4n) is 1.36. The van der Waals surface area contributed by atoms with Gasteiger partial charge in [0, 0.05) is 0 Å². The normalized spacial score (nSPS) is 28.1. The van der Waals surface area contributed by atoms with Crippen molar-refractivity contribution in [2.45, 2.75) is 25.2 Å². The first kappa shape index (κ1) is 8.78. The first-order chi connectivity index (χ1) is 6.40. The molecule has 0 aromatic carbocycles. The molecule has 0 aliphatic carbocycles. The summed E-state index contributed by atoms with van der Waals surface area (Å²) in [5, 5.41) is 0. The minimum atomic E-state index is -0.341. The second-order valence-corrected chi connectivity index (χ2v) is 3.02. The van der Waals surface area contributed by atoms with E-state index >= 15 is 0 Å². The molecule has 0 saturated carbocycles. The van der Waals surface area contributed by atoms with Gasteiger partial charge in [0.25, 0.3) is 0 Å². The molecule has 3 heteroatoms. The second kappa shape index (κ2) is 3.94. The fourth-order valence-corrected chi connectivity index (χ4v) is 1.36. The predicted molar refractivity (Wildman–Crippen MR) is 45.8 cm³/mol. The first-order valence-corrected chi connectivity index (χ1v) is 4.40. The van der Waals surface area contributed by atoms with E-state index in [4.69, 9.17) is 20.8 Å². The van der Waals surface area contributed by atoms with Gasteiger partial charge < -0.3 is 13.9 Å². The fraction of sp³-hybridized carbons (Fsp3) is 0.500. The van der Waals surface area contributed by atoms with E-state index in [0.717, 1.165) is 12.2 Å². The van der Waals surface area contributed by atoms with Gasteiger partial charge in [-0.3, -0.25) is 0 Å². The lowest BCUT2D eigenvalue weighted by molar-refractivity contribution is -0.0745. The van der Waals surface area contributed by atoms with E-state index in [2.05, 4.69) is 0 Å². The average Bonchev–Trinajstić information content (AvgIpc) is 2.70. The standard InChI is InChI=1S/C10H12O3/c1-2-4-8-7-12-10(13-8)9-5-3-6-11-9/h1,3,5-6,8,10H,2,4,7H2. The van der Waals surface area contributed by atoms with Crippen molar-refractivity contribution in [2.75, 3.05) is 6.61 Å². The number of ether oxygens (including phenoxy) is 2. The lowest BCUT2D eigenvalue weighted by Gasteiger charge is -2.07. The van der Waals surface area contributed by atoms with Gasteiger partial charge in [0.1, 0.15) is 0 Å². The number of hydrogen-bond acceptors (Lipinski definition) is 3. The summed E-state index contributed by atoms with van der Waals surface area (Å²) >= 11 is 0. The van der Waals surface area contributed by atoms with E-state index in [1.165, 1.54) is 0 Å². The molecular formula is C10H12O3. The van der Waals surface area contributed by atoms with Crippen molar-refractivity contribution in [2.24, 2.45) is 0 Å². The highest BCUT2D eigenvalue weighted by atomic mass is 16.7. The van der Waals surface area contributed by atoms with Gasteiger partial charge in [-0.25, -0.2) is 0 Å². The molecule has 1 aliphatic rings. The maximum Gasteiger partial charge on any atom is 0.217 e. The molecule has 3 nitrogen and oxygen atoms in total. The summed E-state index contributed by atoms with van der Waals surface area (Å²) in [4.78, 5) is 0. The number of rotatable bonds is 3. The maximum absolute atomic E-state index is 5.55. The van der Waals surface area contributed by atoms with Crippen molar-refractivity contribution in [3.63, 3.8) is 0 Å². The summed E-state index contributed by atoms with van der Waals surface area (Å²) in [6.45, 7) is 6.01. The summed E-state index contributed by atoms with van der Waals surface area (Å²) in [5.74, 6) is 0.722. The molecule has 1 aromatic heterocycles. The van der Waals surface area contributed by atoms with E-state index in [1.54, 1.807) is 6.26 Å². The van der Waals surface area contributed by atoms with Crippen LogP contribution in [0.25, 0.3) is 0 Å². The molecule has 0 spiro atoms. The molecule has 1 saturated heterocycles. The molecule has 2 heterocycles. The van der Waals surface area contributed by atoms with E-state index in [0.29, 0.717) is 13.0 Å². The van der Waals surface area contributed by atoms with Crippen molar-refractivity contribution in [3.8, 4) is 0 Å². The van der Waals surface area contributed by atoms with E-state index in [9.17, 15) is 0 Å². The molecule has 2 radical (unpaired) electrons. The third-order valence-corrected chi connectivity index (χ3v) is 2.01. The molecule has 1 aromatic rings. The van der Waals surface area contributed by atoms with Crippen LogP contribution in [0.4, 0.5) is 0 Å². The molecule has 0 amide bonds. The average molecular weight is 180 g/mol. The molecule has 0 bridgehead atoms. The van der Waals surface area contributed by atoms with Crippen LogP contribution in [0.2, 0.25) is 0 Å². The highest BCUT2D eigenvalue weighted by Gasteiger charge is 2.28. The summed E-state index contributed by atoms with van der Waals surface area (Å²) in [6, 6.07) is 3.66. The highest BCUT2D eigenvalue weighted by Crippen LogP contribution is 2.28. The second-order valence-electron chi connectivity index (χ2n) is 3.02. The minimum absolute atomic E-state index is 0.111. The van der Waals surface area contributed by atoms with Gasteiger partial charge in [-0.05, 0) is 31.9 Å². The molecule has 70 valence electrons. The highest BCUT2D eigenvalue weighted by molar-refractivity contribution is 5.00. The number of furan rings is 1. The smallest absolute Gasteiger partial charge is 0.217 e. The minimum Gasteiger partial charge on any atom is -0.464 e. The van der Waals surface area contributed by atoms with Crippen LogP contribution in [-0.2, 0) is 9.47 Å². The van der Waals surface area contributed by atoms with E-state index in [1.807, 2.05) is 12.1 Å². The van der Waals surface area contributed by atoms with E-state index in [-0.39, 0.29) is 12.4 Å². The van der Waals surface area contributed by atoms with Crippen LogP contribution in [0.5, 0.6) is 0 Å². The Kier molecular flexibility index (Phi) is 2.66. The van der Waals surface area contributed by atoms with Crippen molar-refractivity contribution < 1.29 is 13.9 Å². The quantitative estimate of drug-likeness (QED) is 0.714. The SMILES string of the molecule is [CH]CCC1COC(c2ccco2)O1. The Labute approximate surface area is 77.6 Å². The van der Waals surface area contributed by atoms with Gasteiger partial charge in [-0.15, -0.1) is 0 Å². The van der Waals surface area contributed by atoms with Gasteiger partial charge >= 0.3 is 0 Å². The molecule has 2 unspecified atom stereocenters. The molecule has 1 fully saturated rings. The molecule has 1 aliphatic heterocycles. The molecular weight excluding hydrogens is 168 g/mol. The van der Waals surface area contributed by atoms with Gasteiger partial charge in [-0.1, -0.05) is 0 Å². The Bertz CT molecular complexity index is 243. The topological polar surface area (TPSA) is 31.6 Å². The van der Waals surface area contributed by atoms with Crippen LogP contribution in [0, 0.1) is 6.92 Å². The largest absolute Gasteiger partial charge is 0.464 e. The Morgan fingerprint density at radius 2 is 2.46 bits per heavy atom. The summed E-state index contributed by atoms with van der Waals surface area (Å²) < 4.78 is 16.1. The van der Waals surface area contributed by atoms with Gasteiger partial charge in [-0.2, -0.15) is 0 Å². The van der Waals surface area contributed by atoms with Crippen molar-refractivity contribution >= 4 is 0 Å². The zero-order chi connectivity index (χ0) is 9.10. The van der Waals surface area contributed by atoms with Crippen LogP contribution >= 0.6 is 0 Å². The molecule has 0 N–H and O–H groups in total. The predicted octanol–water partition coefficient (Wildman–Crippen LogP) is 2.18. The van der Waals surface area contributed by atoms with Crippen molar-refractivity contribution in [3.05, 3.63) is 31.1 Å². The Morgan fingerprint density at radius 1 is 1.54 bits per heavy atom. The summed E-state index contributed by atoms with van der Waals surface area (Å²) in [6.07, 6.45) is 2.83. The zero-order valence-electron chi connectivity index (χ0n) is 7.31. The Balaban J connectivity index is 1.91. The first-order valence-electron chi connectivity index (χ1n) is 4.40. The zero-order valence-corrected chi connectivity index (χ0v) is 7.31. The Morgan fingerprint density at radius 3 is 3.15 bits per heavy atom. The lowest BCUT2D eigenvalue weighted by Crippen LogP contribution is -2.08. The van der Waals surface area contributed by atoms with Crippen LogP contribution in [0.3, 0.4) is 0 Å². The van der Waals surface area contributed by atoms with E-state index < -0.39 is 0 Å². The number of hydrogen-bond donors (Lipinski definition) is 0. The molecule has 13 heavy (non-hydrogen) atoms. The van der Waals surface area contributed by atoms with Crippen molar-refractivity contribution in [1.29, 1.82) is 0 Å². The third-order valence-electron chi connectivity index (χ3n) is 2.01. The summed E-state index contributed by atoms with van der Waals surface area (Å²) in [5.41, 5.74) is 0. The van der Waals surface area contributed by atoms with Crippen molar-refractivity contribution in [1.82, 2.24) is 0 Å². The van der Waals surface area contributed by atoms with Gasteiger partial charge in [0.15, 0.2) is 5.76 Å². The van der Waals surface area contributed by atoms with Crippen LogP contribution in [0.1, 0.15) is 24.9 Å². The Hall–Kier alpha value is -0.800. The van der Waals surface area contributed by atoms with Crippen LogP contribution in [0.15, 0.2) is 22.8 Å². The van der Waals surface area contributed by atoms with Gasteiger partial charge in [0.05, 0.1) is 19.0 Å². The third kappa shape index (κ3) is 1.92. The van der Waals surface area contributed by atoms with Crippen LogP contribution in [-0.4, -0.2) is 12.7 Å². The monoisotopic (exact) mass is 180 g/mol. The van der Waals surface area contributed by atoms with Crippen LogP contribution < -0.4 is 0 Å². The lowest BCUT2D eigenvalue weighted by atomic mass is 10.2. The molecule has 2 atom stereocenters. The molecule has 2 rings (SSSR count).